The number of carbonyl (C=O) groups excluding carboxylic acids is 1. The molecule has 0 heterocycles. The van der Waals surface area contributed by atoms with Crippen LogP contribution in [0.1, 0.15) is 52.9 Å². The molecule has 1 rings (SSSR count). The molecule has 1 aliphatic rings. The summed E-state index contributed by atoms with van der Waals surface area (Å²) >= 11 is 0. The van der Waals surface area contributed by atoms with Gasteiger partial charge < -0.3 is 11.1 Å². The molecule has 0 radical (unpaired) electrons. The second-order valence-electron chi connectivity index (χ2n) is 5.65. The maximum absolute atomic E-state index is 11.6. The van der Waals surface area contributed by atoms with Gasteiger partial charge in [-0.15, -0.1) is 0 Å². The molecule has 0 unspecified atom stereocenters. The van der Waals surface area contributed by atoms with Crippen molar-refractivity contribution in [2.24, 2.45) is 11.1 Å². The van der Waals surface area contributed by atoms with Crippen LogP contribution in [0.15, 0.2) is 0 Å². The number of hydrogen-bond acceptors (Lipinski definition) is 2. The van der Waals surface area contributed by atoms with Gasteiger partial charge in [-0.05, 0) is 38.5 Å². The normalized spacial score (nSPS) is 19.5. The summed E-state index contributed by atoms with van der Waals surface area (Å²) in [6.45, 7) is 6.80. The molecule has 3 heteroatoms. The van der Waals surface area contributed by atoms with Gasteiger partial charge in [0.15, 0.2) is 0 Å². The Kier molecular flexibility index (Phi) is 3.77. The first-order valence-corrected chi connectivity index (χ1v) is 5.92. The first-order chi connectivity index (χ1) is 6.87. The van der Waals surface area contributed by atoms with Crippen molar-refractivity contribution >= 4 is 5.91 Å². The fourth-order valence-electron chi connectivity index (χ4n) is 2.09. The van der Waals surface area contributed by atoms with Crippen molar-refractivity contribution in [2.75, 3.05) is 6.54 Å². The van der Waals surface area contributed by atoms with Gasteiger partial charge >= 0.3 is 0 Å². The quantitative estimate of drug-likeness (QED) is 0.730. The molecule has 0 aromatic rings. The predicted octanol–water partition coefficient (Wildman–Crippen LogP) is 1.81. The number of carbonyl (C=O) groups is 1. The molecule has 3 nitrogen and oxygen atoms in total. The van der Waals surface area contributed by atoms with Crippen LogP contribution >= 0.6 is 0 Å². The number of rotatable bonds is 5. The lowest BCUT2D eigenvalue weighted by Crippen LogP contribution is -2.45. The molecule has 0 atom stereocenters. The molecule has 0 aromatic carbocycles. The van der Waals surface area contributed by atoms with Crippen LogP contribution in [0, 0.1) is 5.41 Å². The van der Waals surface area contributed by atoms with E-state index in [-0.39, 0.29) is 5.91 Å². The molecule has 15 heavy (non-hydrogen) atoms. The van der Waals surface area contributed by atoms with Gasteiger partial charge in [-0.1, -0.05) is 13.3 Å². The van der Waals surface area contributed by atoms with Gasteiger partial charge in [0.1, 0.15) is 0 Å². The largest absolute Gasteiger partial charge is 0.355 e. The highest BCUT2D eigenvalue weighted by Gasteiger charge is 2.35. The summed E-state index contributed by atoms with van der Waals surface area (Å²) in [5.41, 5.74) is 5.79. The molecule has 0 spiro atoms. The van der Waals surface area contributed by atoms with Gasteiger partial charge in [0.25, 0.3) is 0 Å². The summed E-state index contributed by atoms with van der Waals surface area (Å²) in [5.74, 6) is 0.0854. The maximum atomic E-state index is 11.6. The topological polar surface area (TPSA) is 55.1 Å². The number of hydrogen-bond donors (Lipinski definition) is 2. The van der Waals surface area contributed by atoms with E-state index >= 15 is 0 Å². The minimum Gasteiger partial charge on any atom is -0.355 e. The van der Waals surface area contributed by atoms with E-state index in [0.29, 0.717) is 11.8 Å². The van der Waals surface area contributed by atoms with Gasteiger partial charge in [-0.25, -0.2) is 0 Å². The monoisotopic (exact) mass is 212 g/mol. The first-order valence-electron chi connectivity index (χ1n) is 5.92. The molecule has 0 aliphatic heterocycles. The van der Waals surface area contributed by atoms with E-state index in [1.54, 1.807) is 0 Å². The zero-order valence-electron chi connectivity index (χ0n) is 10.2. The molecule has 0 saturated heterocycles. The minimum atomic E-state index is -0.400. The van der Waals surface area contributed by atoms with Crippen molar-refractivity contribution in [2.45, 2.75) is 58.4 Å². The summed E-state index contributed by atoms with van der Waals surface area (Å²) < 4.78 is 0. The van der Waals surface area contributed by atoms with Crippen molar-refractivity contribution in [1.82, 2.24) is 5.32 Å². The fourth-order valence-corrected chi connectivity index (χ4v) is 2.09. The van der Waals surface area contributed by atoms with Crippen LogP contribution < -0.4 is 11.1 Å². The van der Waals surface area contributed by atoms with E-state index in [1.807, 2.05) is 13.8 Å². The van der Waals surface area contributed by atoms with Gasteiger partial charge in [0, 0.05) is 18.5 Å². The zero-order chi connectivity index (χ0) is 11.5. The van der Waals surface area contributed by atoms with E-state index < -0.39 is 5.54 Å². The van der Waals surface area contributed by atoms with Crippen LogP contribution in [-0.4, -0.2) is 18.0 Å². The highest BCUT2D eigenvalue weighted by atomic mass is 16.1. The second-order valence-corrected chi connectivity index (χ2v) is 5.65. The van der Waals surface area contributed by atoms with E-state index in [2.05, 4.69) is 12.2 Å². The summed E-state index contributed by atoms with van der Waals surface area (Å²) in [6.07, 6.45) is 5.41. The Morgan fingerprint density at radius 2 is 2.07 bits per heavy atom. The van der Waals surface area contributed by atoms with Crippen molar-refractivity contribution in [3.8, 4) is 0 Å². The van der Waals surface area contributed by atoms with Crippen molar-refractivity contribution in [1.29, 1.82) is 0 Å². The van der Waals surface area contributed by atoms with E-state index in [0.717, 1.165) is 6.54 Å². The highest BCUT2D eigenvalue weighted by molar-refractivity contribution is 5.77. The summed E-state index contributed by atoms with van der Waals surface area (Å²) in [6, 6.07) is 0. The molecular weight excluding hydrogens is 188 g/mol. The number of nitrogens with two attached hydrogens (primary N) is 1. The molecular formula is C12H24N2O. The summed E-state index contributed by atoms with van der Waals surface area (Å²) in [7, 11) is 0. The predicted molar refractivity (Wildman–Crippen MR) is 62.5 cm³/mol. The lowest BCUT2D eigenvalue weighted by atomic mass is 9.67. The average molecular weight is 212 g/mol. The third kappa shape index (κ3) is 3.82. The third-order valence-corrected chi connectivity index (χ3v) is 3.44. The fraction of sp³-hybridized carbons (Fsp3) is 0.917. The van der Waals surface area contributed by atoms with E-state index in [4.69, 9.17) is 5.73 Å². The van der Waals surface area contributed by atoms with Gasteiger partial charge in [0.2, 0.25) is 5.91 Å². The van der Waals surface area contributed by atoms with E-state index in [9.17, 15) is 4.79 Å². The molecule has 3 N–H and O–H groups in total. The van der Waals surface area contributed by atoms with Crippen molar-refractivity contribution < 1.29 is 4.79 Å². The molecule has 88 valence electrons. The summed E-state index contributed by atoms with van der Waals surface area (Å²) in [4.78, 5) is 11.6. The van der Waals surface area contributed by atoms with Gasteiger partial charge in [-0.2, -0.15) is 0 Å². The standard InChI is InChI=1S/C12H24N2O/c1-4-12(6-5-7-12)9-14-10(15)8-11(2,3)13/h4-9,13H2,1-3H3,(H,14,15). The van der Waals surface area contributed by atoms with Gasteiger partial charge in [-0.3, -0.25) is 4.79 Å². The third-order valence-electron chi connectivity index (χ3n) is 3.44. The lowest BCUT2D eigenvalue weighted by molar-refractivity contribution is -0.122. The molecule has 1 amide bonds. The Balaban J connectivity index is 2.27. The van der Waals surface area contributed by atoms with Crippen LogP contribution in [0.3, 0.4) is 0 Å². The smallest absolute Gasteiger partial charge is 0.221 e. The zero-order valence-corrected chi connectivity index (χ0v) is 10.2. The first kappa shape index (κ1) is 12.5. The van der Waals surface area contributed by atoms with Gasteiger partial charge in [0.05, 0.1) is 0 Å². The van der Waals surface area contributed by atoms with Crippen LogP contribution in [0.2, 0.25) is 0 Å². The van der Waals surface area contributed by atoms with Crippen LogP contribution in [0.5, 0.6) is 0 Å². The lowest BCUT2D eigenvalue weighted by Gasteiger charge is -2.41. The average Bonchev–Trinajstić information content (AvgIpc) is 1.99. The van der Waals surface area contributed by atoms with Crippen LogP contribution in [0.25, 0.3) is 0 Å². The number of amides is 1. The molecule has 0 aromatic heterocycles. The Labute approximate surface area is 92.8 Å². The Bertz CT molecular complexity index is 221. The van der Waals surface area contributed by atoms with Crippen molar-refractivity contribution in [3.05, 3.63) is 0 Å². The highest BCUT2D eigenvalue weighted by Crippen LogP contribution is 2.43. The second kappa shape index (κ2) is 4.52. The Hall–Kier alpha value is -0.570. The van der Waals surface area contributed by atoms with Crippen LogP contribution in [0.4, 0.5) is 0 Å². The Morgan fingerprint density at radius 3 is 2.40 bits per heavy atom. The molecule has 1 saturated carbocycles. The SMILES string of the molecule is CCC1(CNC(=O)CC(C)(C)N)CCC1. The van der Waals surface area contributed by atoms with Crippen LogP contribution in [-0.2, 0) is 4.79 Å². The summed E-state index contributed by atoms with van der Waals surface area (Å²) in [5, 5.41) is 3.01. The molecule has 1 aliphatic carbocycles. The molecule has 1 fully saturated rings. The van der Waals surface area contributed by atoms with Crippen molar-refractivity contribution in [3.63, 3.8) is 0 Å². The Morgan fingerprint density at radius 1 is 1.47 bits per heavy atom. The molecule has 0 bridgehead atoms. The number of nitrogens with one attached hydrogen (secondary N) is 1. The van der Waals surface area contributed by atoms with E-state index in [1.165, 1.54) is 25.7 Å². The minimum absolute atomic E-state index is 0.0854. The maximum Gasteiger partial charge on any atom is 0.221 e.